The first-order chi connectivity index (χ1) is 12.2. The van der Waals surface area contributed by atoms with Gasteiger partial charge < -0.3 is 14.8 Å². The molecule has 142 valence electrons. The van der Waals surface area contributed by atoms with Gasteiger partial charge in [-0.25, -0.2) is 0 Å². The van der Waals surface area contributed by atoms with Gasteiger partial charge in [0.1, 0.15) is 5.56 Å². The molecule has 1 aromatic heterocycles. The summed E-state index contributed by atoms with van der Waals surface area (Å²) in [5.74, 6) is 0.512. The van der Waals surface area contributed by atoms with Crippen molar-refractivity contribution in [1.82, 2.24) is 14.8 Å². The summed E-state index contributed by atoms with van der Waals surface area (Å²) in [4.78, 5) is 43.9. The van der Waals surface area contributed by atoms with Crippen LogP contribution in [-0.4, -0.2) is 52.8 Å². The summed E-state index contributed by atoms with van der Waals surface area (Å²) < 4.78 is 0. The highest BCUT2D eigenvalue weighted by molar-refractivity contribution is 5.95. The van der Waals surface area contributed by atoms with Crippen LogP contribution in [-0.2, 0) is 4.79 Å². The first-order valence-electron chi connectivity index (χ1n) is 9.48. The van der Waals surface area contributed by atoms with Crippen molar-refractivity contribution in [2.24, 2.45) is 11.3 Å². The van der Waals surface area contributed by atoms with E-state index in [1.165, 1.54) is 0 Å². The average molecular weight is 359 g/mol. The van der Waals surface area contributed by atoms with Gasteiger partial charge in [-0.2, -0.15) is 0 Å². The zero-order chi connectivity index (χ0) is 19.1. The average Bonchev–Trinajstić information content (AvgIpc) is 2.81. The van der Waals surface area contributed by atoms with Crippen molar-refractivity contribution in [2.45, 2.75) is 47.0 Å². The van der Waals surface area contributed by atoms with Gasteiger partial charge in [-0.05, 0) is 44.2 Å². The van der Waals surface area contributed by atoms with Crippen LogP contribution in [0.2, 0.25) is 0 Å². The Morgan fingerprint density at radius 1 is 1.23 bits per heavy atom. The maximum atomic E-state index is 12.9. The lowest BCUT2D eigenvalue weighted by molar-refractivity contribution is -0.128. The number of hydrogen-bond acceptors (Lipinski definition) is 3. The number of pyridine rings is 1. The summed E-state index contributed by atoms with van der Waals surface area (Å²) in [5, 5.41) is 0. The van der Waals surface area contributed by atoms with E-state index < -0.39 is 0 Å². The molecule has 3 heterocycles. The Labute approximate surface area is 154 Å². The number of rotatable bonds is 3. The Bertz CT molecular complexity index is 773. The van der Waals surface area contributed by atoms with E-state index in [1.807, 2.05) is 17.9 Å². The Hall–Kier alpha value is -2.11. The van der Waals surface area contributed by atoms with E-state index >= 15 is 0 Å². The predicted molar refractivity (Wildman–Crippen MR) is 100 cm³/mol. The van der Waals surface area contributed by atoms with E-state index in [9.17, 15) is 14.4 Å². The summed E-state index contributed by atoms with van der Waals surface area (Å²) in [6.45, 7) is 10.7. The number of H-pyrrole nitrogens is 1. The third-order valence-electron chi connectivity index (χ3n) is 5.68. The highest BCUT2D eigenvalue weighted by Gasteiger charge is 2.45. The van der Waals surface area contributed by atoms with Crippen LogP contribution in [0.1, 0.15) is 54.7 Å². The van der Waals surface area contributed by atoms with Crippen molar-refractivity contribution in [3.05, 3.63) is 33.2 Å². The third-order valence-corrected chi connectivity index (χ3v) is 5.68. The van der Waals surface area contributed by atoms with Crippen LogP contribution in [0.5, 0.6) is 0 Å². The maximum absolute atomic E-state index is 12.9. The van der Waals surface area contributed by atoms with Crippen molar-refractivity contribution in [3.63, 3.8) is 0 Å². The van der Waals surface area contributed by atoms with Gasteiger partial charge in [0.15, 0.2) is 0 Å². The van der Waals surface area contributed by atoms with E-state index in [2.05, 4.69) is 18.8 Å². The molecular weight excluding hydrogens is 330 g/mol. The van der Waals surface area contributed by atoms with E-state index in [0.717, 1.165) is 37.2 Å². The minimum atomic E-state index is -0.313. The summed E-state index contributed by atoms with van der Waals surface area (Å²) in [5.41, 5.74) is 1.41. The molecule has 1 spiro atoms. The molecule has 0 aliphatic carbocycles. The SMILES string of the molecule is Cc1cc(C)c(C(=O)N2CCC3(CC2)CC(=O)N(CC(C)C)C3)c(=O)[nH]1. The molecule has 2 aliphatic heterocycles. The lowest BCUT2D eigenvalue weighted by Gasteiger charge is -2.39. The van der Waals surface area contributed by atoms with Crippen LogP contribution in [0, 0.1) is 25.2 Å². The van der Waals surface area contributed by atoms with Crippen molar-refractivity contribution >= 4 is 11.8 Å². The summed E-state index contributed by atoms with van der Waals surface area (Å²) in [6.07, 6.45) is 2.23. The number of aryl methyl sites for hydroxylation is 2. The Kier molecular flexibility index (Phi) is 4.95. The highest BCUT2D eigenvalue weighted by atomic mass is 16.2. The molecule has 1 aromatic rings. The lowest BCUT2D eigenvalue weighted by Crippen LogP contribution is -2.45. The van der Waals surface area contributed by atoms with Gasteiger partial charge in [-0.3, -0.25) is 14.4 Å². The molecule has 3 rings (SSSR count). The first-order valence-corrected chi connectivity index (χ1v) is 9.48. The van der Waals surface area contributed by atoms with Crippen LogP contribution in [0.3, 0.4) is 0 Å². The van der Waals surface area contributed by atoms with Crippen molar-refractivity contribution in [2.75, 3.05) is 26.2 Å². The number of hydrogen-bond donors (Lipinski definition) is 1. The summed E-state index contributed by atoms with van der Waals surface area (Å²) >= 11 is 0. The number of nitrogens with zero attached hydrogens (tertiary/aromatic N) is 2. The molecule has 26 heavy (non-hydrogen) atoms. The van der Waals surface area contributed by atoms with Gasteiger partial charge in [0, 0.05) is 43.7 Å². The largest absolute Gasteiger partial charge is 0.342 e. The van der Waals surface area contributed by atoms with Gasteiger partial charge in [-0.15, -0.1) is 0 Å². The number of amides is 2. The second-order valence-electron chi connectivity index (χ2n) is 8.48. The first kappa shape index (κ1) is 18.7. The molecule has 6 heteroatoms. The summed E-state index contributed by atoms with van der Waals surface area (Å²) in [7, 11) is 0. The van der Waals surface area contributed by atoms with Crippen LogP contribution < -0.4 is 5.56 Å². The van der Waals surface area contributed by atoms with Crippen LogP contribution in [0.4, 0.5) is 0 Å². The standard InChI is InChI=1S/C20H29N3O3/c1-13(2)11-23-12-20(10-16(23)24)5-7-22(8-6-20)19(26)17-14(3)9-15(4)21-18(17)25/h9,13H,5-8,10-12H2,1-4H3,(H,21,25). The van der Waals surface area contributed by atoms with E-state index in [-0.39, 0.29) is 28.4 Å². The number of aromatic amines is 1. The van der Waals surface area contributed by atoms with E-state index in [1.54, 1.807) is 11.8 Å². The molecule has 2 fully saturated rings. The van der Waals surface area contributed by atoms with E-state index in [4.69, 9.17) is 0 Å². The van der Waals surface area contributed by atoms with Gasteiger partial charge >= 0.3 is 0 Å². The third kappa shape index (κ3) is 3.55. The number of nitrogens with one attached hydrogen (secondary N) is 1. The monoisotopic (exact) mass is 359 g/mol. The fraction of sp³-hybridized carbons (Fsp3) is 0.650. The molecule has 0 saturated carbocycles. The molecule has 2 saturated heterocycles. The second-order valence-corrected chi connectivity index (χ2v) is 8.48. The lowest BCUT2D eigenvalue weighted by atomic mass is 9.77. The number of piperidine rings is 1. The molecule has 6 nitrogen and oxygen atoms in total. The minimum Gasteiger partial charge on any atom is -0.342 e. The smallest absolute Gasteiger partial charge is 0.261 e. The number of aromatic nitrogens is 1. The Morgan fingerprint density at radius 3 is 2.46 bits per heavy atom. The molecular formula is C20H29N3O3. The van der Waals surface area contributed by atoms with Crippen LogP contribution in [0.15, 0.2) is 10.9 Å². The van der Waals surface area contributed by atoms with Crippen molar-refractivity contribution in [1.29, 1.82) is 0 Å². The molecule has 0 bridgehead atoms. The number of likely N-dealkylation sites (tertiary alicyclic amines) is 2. The fourth-order valence-electron chi connectivity index (χ4n) is 4.39. The normalized spacial score (nSPS) is 19.7. The molecule has 2 aliphatic rings. The predicted octanol–water partition coefficient (Wildman–Crippen LogP) is 2.10. The van der Waals surface area contributed by atoms with Gasteiger partial charge in [-0.1, -0.05) is 13.8 Å². The van der Waals surface area contributed by atoms with Gasteiger partial charge in [0.2, 0.25) is 5.91 Å². The number of carbonyl (C=O) groups is 2. The fourth-order valence-corrected chi connectivity index (χ4v) is 4.39. The summed E-state index contributed by atoms with van der Waals surface area (Å²) in [6, 6.07) is 1.83. The van der Waals surface area contributed by atoms with Crippen molar-refractivity contribution in [3.8, 4) is 0 Å². The minimum absolute atomic E-state index is 0.00249. The zero-order valence-electron chi connectivity index (χ0n) is 16.2. The molecule has 0 unspecified atom stereocenters. The van der Waals surface area contributed by atoms with Gasteiger partial charge in [0.25, 0.3) is 11.5 Å². The molecule has 0 atom stereocenters. The number of carbonyl (C=O) groups excluding carboxylic acids is 2. The topological polar surface area (TPSA) is 73.5 Å². The Balaban J connectivity index is 1.69. The quantitative estimate of drug-likeness (QED) is 0.898. The highest BCUT2D eigenvalue weighted by Crippen LogP contribution is 2.41. The van der Waals surface area contributed by atoms with Gasteiger partial charge in [0.05, 0.1) is 0 Å². The van der Waals surface area contributed by atoms with E-state index in [0.29, 0.717) is 25.4 Å². The maximum Gasteiger partial charge on any atom is 0.261 e. The van der Waals surface area contributed by atoms with Crippen LogP contribution in [0.25, 0.3) is 0 Å². The molecule has 0 radical (unpaired) electrons. The molecule has 0 aromatic carbocycles. The molecule has 2 amide bonds. The van der Waals surface area contributed by atoms with Crippen LogP contribution >= 0.6 is 0 Å². The molecule has 1 N–H and O–H groups in total. The second kappa shape index (κ2) is 6.89. The zero-order valence-corrected chi connectivity index (χ0v) is 16.2. The Morgan fingerprint density at radius 2 is 1.88 bits per heavy atom. The van der Waals surface area contributed by atoms with Crippen molar-refractivity contribution < 1.29 is 9.59 Å².